The molecule has 0 bridgehead atoms. The highest BCUT2D eigenvalue weighted by atomic mass is 79.9. The number of ether oxygens (including phenoxy) is 1. The molecule has 26 heavy (non-hydrogen) atoms. The molecule has 7 heteroatoms. The Morgan fingerprint density at radius 2 is 1.96 bits per heavy atom. The van der Waals surface area contributed by atoms with Gasteiger partial charge in [-0.05, 0) is 68.5 Å². The van der Waals surface area contributed by atoms with E-state index in [1.807, 2.05) is 44.5 Å². The summed E-state index contributed by atoms with van der Waals surface area (Å²) in [5.41, 5.74) is 1.55. The highest BCUT2D eigenvalue weighted by molar-refractivity contribution is 9.10. The molecule has 0 saturated heterocycles. The van der Waals surface area contributed by atoms with Crippen LogP contribution in [-0.2, 0) is 7.05 Å². The molecule has 1 N–H and O–H groups in total. The molecule has 0 atom stereocenters. The number of amides is 1. The Hall–Kier alpha value is -1.76. The van der Waals surface area contributed by atoms with Crippen LogP contribution in [0.25, 0.3) is 11.0 Å². The summed E-state index contributed by atoms with van der Waals surface area (Å²) in [6.45, 7) is 5.85. The molecule has 3 rings (SSSR count). The van der Waals surface area contributed by atoms with E-state index in [0.29, 0.717) is 0 Å². The highest BCUT2D eigenvalue weighted by Crippen LogP contribution is 2.33. The van der Waals surface area contributed by atoms with Crippen molar-refractivity contribution < 1.29 is 14.6 Å². The lowest BCUT2D eigenvalue weighted by molar-refractivity contribution is 0.0368. The van der Waals surface area contributed by atoms with Gasteiger partial charge in [-0.15, -0.1) is 0 Å². The van der Waals surface area contributed by atoms with Crippen molar-refractivity contribution in [3.63, 3.8) is 0 Å². The van der Waals surface area contributed by atoms with Crippen LogP contribution in [0.15, 0.2) is 22.9 Å². The number of hydrogen-bond acceptors (Lipinski definition) is 3. The van der Waals surface area contributed by atoms with Gasteiger partial charge in [0.15, 0.2) is 0 Å². The van der Waals surface area contributed by atoms with Gasteiger partial charge in [0, 0.05) is 29.2 Å². The number of imidazole rings is 1. The van der Waals surface area contributed by atoms with Crippen molar-refractivity contribution in [2.45, 2.75) is 64.1 Å². The van der Waals surface area contributed by atoms with Crippen molar-refractivity contribution in [1.29, 1.82) is 0 Å². The van der Waals surface area contributed by atoms with Gasteiger partial charge in [-0.25, -0.2) is 9.78 Å². The van der Waals surface area contributed by atoms with Gasteiger partial charge in [-0.2, -0.15) is 0 Å². The summed E-state index contributed by atoms with van der Waals surface area (Å²) >= 11 is 3.56. The molecule has 2 aromatic rings. The largest absolute Gasteiger partial charge is 0.490 e. The topological polar surface area (TPSA) is 67.6 Å². The SMILES string of the molecule is Cn1cnc2c(Br)cc(OC3CCC(N(C(=O)O)C(C)(C)C)CC3)cc21. The van der Waals surface area contributed by atoms with Gasteiger partial charge in [0.05, 0.1) is 17.9 Å². The average molecular weight is 424 g/mol. The van der Waals surface area contributed by atoms with Crippen molar-refractivity contribution in [3.05, 3.63) is 22.9 Å². The Balaban J connectivity index is 1.67. The number of benzene rings is 1. The predicted molar refractivity (Wildman–Crippen MR) is 105 cm³/mol. The first-order chi connectivity index (χ1) is 12.2. The van der Waals surface area contributed by atoms with E-state index in [4.69, 9.17) is 4.74 Å². The molecule has 0 radical (unpaired) electrons. The smallest absolute Gasteiger partial charge is 0.407 e. The van der Waals surface area contributed by atoms with Crippen LogP contribution in [0, 0.1) is 0 Å². The number of halogens is 1. The van der Waals surface area contributed by atoms with Gasteiger partial charge in [0.2, 0.25) is 0 Å². The minimum Gasteiger partial charge on any atom is -0.490 e. The van der Waals surface area contributed by atoms with Crippen molar-refractivity contribution in [2.24, 2.45) is 7.05 Å². The first-order valence-corrected chi connectivity index (χ1v) is 9.75. The predicted octanol–water partition coefficient (Wildman–Crippen LogP) is 4.80. The normalized spacial score (nSPS) is 21.0. The molecule has 0 unspecified atom stereocenters. The van der Waals surface area contributed by atoms with Gasteiger partial charge in [-0.3, -0.25) is 0 Å². The van der Waals surface area contributed by atoms with Gasteiger partial charge in [-0.1, -0.05) is 0 Å². The summed E-state index contributed by atoms with van der Waals surface area (Å²) < 4.78 is 9.10. The van der Waals surface area contributed by atoms with E-state index in [-0.39, 0.29) is 17.7 Å². The number of nitrogens with zero attached hydrogens (tertiary/aromatic N) is 3. The van der Waals surface area contributed by atoms with Gasteiger partial charge in [0.1, 0.15) is 11.3 Å². The standard InChI is InChI=1S/C19H26BrN3O3/c1-19(2,3)23(18(24)25)12-5-7-13(8-6-12)26-14-9-15(20)17-16(10-14)22(4)11-21-17/h9-13H,5-8H2,1-4H3,(H,24,25). The molecule has 1 amide bonds. The summed E-state index contributed by atoms with van der Waals surface area (Å²) in [6, 6.07) is 4.02. The average Bonchev–Trinajstić information content (AvgIpc) is 2.89. The van der Waals surface area contributed by atoms with Gasteiger partial charge >= 0.3 is 6.09 Å². The summed E-state index contributed by atoms with van der Waals surface area (Å²) in [7, 11) is 1.96. The number of aromatic nitrogens is 2. The molecule has 1 aromatic heterocycles. The fourth-order valence-electron chi connectivity index (χ4n) is 3.84. The Morgan fingerprint density at radius 3 is 2.54 bits per heavy atom. The van der Waals surface area contributed by atoms with Crippen LogP contribution in [0.4, 0.5) is 4.79 Å². The Kier molecular flexibility index (Phi) is 5.19. The van der Waals surface area contributed by atoms with Crippen LogP contribution in [0.2, 0.25) is 0 Å². The number of carboxylic acid groups (broad SMARTS) is 1. The monoisotopic (exact) mass is 423 g/mol. The third-order valence-electron chi connectivity index (χ3n) is 5.00. The second-order valence-electron chi connectivity index (χ2n) is 8.00. The molecule has 0 aliphatic heterocycles. The maximum absolute atomic E-state index is 11.7. The maximum Gasteiger partial charge on any atom is 0.407 e. The zero-order chi connectivity index (χ0) is 19.1. The second kappa shape index (κ2) is 7.10. The molecule has 1 aliphatic rings. The van der Waals surface area contributed by atoms with Gasteiger partial charge in [0.25, 0.3) is 0 Å². The number of fused-ring (bicyclic) bond motifs is 1. The molecule has 1 aromatic carbocycles. The Labute approximate surface area is 162 Å². The number of carbonyl (C=O) groups is 1. The molecule has 1 heterocycles. The zero-order valence-corrected chi connectivity index (χ0v) is 17.3. The van der Waals surface area contributed by atoms with E-state index in [1.54, 1.807) is 11.2 Å². The second-order valence-corrected chi connectivity index (χ2v) is 8.85. The number of aryl methyl sites for hydroxylation is 1. The van der Waals surface area contributed by atoms with E-state index in [1.165, 1.54) is 0 Å². The van der Waals surface area contributed by atoms with Crippen molar-refractivity contribution in [3.8, 4) is 5.75 Å². The Bertz CT molecular complexity index is 804. The third-order valence-corrected chi connectivity index (χ3v) is 5.60. The summed E-state index contributed by atoms with van der Waals surface area (Å²) in [5.74, 6) is 0.822. The van der Waals surface area contributed by atoms with Crippen LogP contribution in [-0.4, -0.2) is 43.3 Å². The molecule has 142 valence electrons. The molecule has 1 fully saturated rings. The van der Waals surface area contributed by atoms with E-state index in [0.717, 1.165) is 46.9 Å². The van der Waals surface area contributed by atoms with Crippen LogP contribution >= 0.6 is 15.9 Å². The number of hydrogen-bond donors (Lipinski definition) is 1. The minimum absolute atomic E-state index is 0.0543. The molecule has 1 saturated carbocycles. The molecule has 6 nitrogen and oxygen atoms in total. The summed E-state index contributed by atoms with van der Waals surface area (Å²) in [6.07, 6.45) is 4.41. The van der Waals surface area contributed by atoms with E-state index in [2.05, 4.69) is 20.9 Å². The quantitative estimate of drug-likeness (QED) is 0.769. The first-order valence-electron chi connectivity index (χ1n) is 8.96. The Morgan fingerprint density at radius 1 is 1.31 bits per heavy atom. The van der Waals surface area contributed by atoms with E-state index < -0.39 is 6.09 Å². The molecule has 0 spiro atoms. The van der Waals surface area contributed by atoms with Crippen LogP contribution < -0.4 is 4.74 Å². The molecule has 1 aliphatic carbocycles. The maximum atomic E-state index is 11.7. The molecular formula is C19H26BrN3O3. The lowest BCUT2D eigenvalue weighted by Gasteiger charge is -2.42. The first kappa shape index (κ1) is 19.0. The van der Waals surface area contributed by atoms with Crippen molar-refractivity contribution in [2.75, 3.05) is 0 Å². The third kappa shape index (κ3) is 3.82. The fourth-order valence-corrected chi connectivity index (χ4v) is 4.37. The van der Waals surface area contributed by atoms with Crippen LogP contribution in [0.1, 0.15) is 46.5 Å². The van der Waals surface area contributed by atoms with Crippen molar-refractivity contribution >= 4 is 33.1 Å². The summed E-state index contributed by atoms with van der Waals surface area (Å²) in [5, 5.41) is 9.58. The summed E-state index contributed by atoms with van der Waals surface area (Å²) in [4.78, 5) is 17.6. The van der Waals surface area contributed by atoms with Crippen molar-refractivity contribution in [1.82, 2.24) is 14.5 Å². The minimum atomic E-state index is -0.840. The highest BCUT2D eigenvalue weighted by Gasteiger charge is 2.36. The lowest BCUT2D eigenvalue weighted by atomic mass is 9.89. The molecular weight excluding hydrogens is 398 g/mol. The lowest BCUT2D eigenvalue weighted by Crippen LogP contribution is -2.52. The van der Waals surface area contributed by atoms with E-state index >= 15 is 0 Å². The zero-order valence-electron chi connectivity index (χ0n) is 15.7. The van der Waals surface area contributed by atoms with Crippen LogP contribution in [0.5, 0.6) is 5.75 Å². The van der Waals surface area contributed by atoms with Gasteiger partial charge < -0.3 is 19.3 Å². The van der Waals surface area contributed by atoms with E-state index in [9.17, 15) is 9.90 Å². The number of rotatable bonds is 3. The fraction of sp³-hybridized carbons (Fsp3) is 0.579. The van der Waals surface area contributed by atoms with Crippen LogP contribution in [0.3, 0.4) is 0 Å².